The Kier molecular flexibility index (Phi) is 6.86. The van der Waals surface area contributed by atoms with Gasteiger partial charge in [-0.3, -0.25) is 15.0 Å². The molecule has 30 heavy (non-hydrogen) atoms. The number of carbonyl (C=O) groups excluding carboxylic acids is 2. The highest BCUT2D eigenvalue weighted by molar-refractivity contribution is 6.31. The van der Waals surface area contributed by atoms with Gasteiger partial charge in [-0.15, -0.1) is 0 Å². The third-order valence-electron chi connectivity index (χ3n) is 4.90. The van der Waals surface area contributed by atoms with Crippen LogP contribution in [0, 0.1) is 10.1 Å². The lowest BCUT2D eigenvalue weighted by Crippen LogP contribution is -2.52. The van der Waals surface area contributed by atoms with Crippen LogP contribution in [0.4, 0.5) is 16.2 Å². The van der Waals surface area contributed by atoms with Gasteiger partial charge in [0.2, 0.25) is 0 Å². The Bertz CT molecular complexity index is 946. The molecule has 2 aromatic rings. The lowest BCUT2D eigenvalue weighted by molar-refractivity contribution is -0.384. The largest absolute Gasteiger partial charge is 0.468 e. The molecule has 1 fully saturated rings. The Morgan fingerprint density at radius 3 is 2.47 bits per heavy atom. The summed E-state index contributed by atoms with van der Waals surface area (Å²) in [4.78, 5) is 38.9. The third-order valence-corrected chi connectivity index (χ3v) is 5.24. The smallest absolute Gasteiger partial charge is 0.327 e. The van der Waals surface area contributed by atoms with Gasteiger partial charge in [0.1, 0.15) is 6.04 Å². The quantitative estimate of drug-likeness (QED) is 0.441. The summed E-state index contributed by atoms with van der Waals surface area (Å²) < 4.78 is 4.97. The van der Waals surface area contributed by atoms with Crippen LogP contribution in [0.2, 0.25) is 5.02 Å². The van der Waals surface area contributed by atoms with Gasteiger partial charge in [0.25, 0.3) is 5.69 Å². The summed E-state index contributed by atoms with van der Waals surface area (Å²) in [6.07, 6.45) is 0. The average molecular weight is 433 g/mol. The fourth-order valence-corrected chi connectivity index (χ4v) is 3.60. The zero-order valence-electron chi connectivity index (χ0n) is 16.3. The molecule has 3 rings (SSSR count). The van der Waals surface area contributed by atoms with Crippen molar-refractivity contribution >= 4 is 35.0 Å². The number of anilines is 1. The Morgan fingerprint density at radius 2 is 1.83 bits per heavy atom. The molecule has 1 aliphatic heterocycles. The van der Waals surface area contributed by atoms with Gasteiger partial charge in [-0.2, -0.15) is 0 Å². The van der Waals surface area contributed by atoms with Crippen LogP contribution in [-0.2, 0) is 9.53 Å². The maximum atomic E-state index is 12.6. The number of hydrogen-bond acceptors (Lipinski definition) is 6. The highest BCUT2D eigenvalue weighted by Crippen LogP contribution is 2.29. The number of halogens is 1. The number of nitrogens with zero attached hydrogens (tertiary/aromatic N) is 3. The predicted molar refractivity (Wildman–Crippen MR) is 111 cm³/mol. The summed E-state index contributed by atoms with van der Waals surface area (Å²) in [5.74, 6) is -0.419. The first-order chi connectivity index (χ1) is 14.4. The summed E-state index contributed by atoms with van der Waals surface area (Å²) in [6.45, 7) is 1.62. The van der Waals surface area contributed by atoms with Gasteiger partial charge in [-0.05, 0) is 17.7 Å². The van der Waals surface area contributed by atoms with Crippen LogP contribution in [0.25, 0.3) is 0 Å². The van der Waals surface area contributed by atoms with Crippen LogP contribution in [0.3, 0.4) is 0 Å². The number of ether oxygens (including phenoxy) is 1. The van der Waals surface area contributed by atoms with Crippen LogP contribution in [-0.4, -0.2) is 60.0 Å². The number of esters is 1. The molecule has 1 N–H and O–H groups in total. The van der Waals surface area contributed by atoms with Gasteiger partial charge >= 0.3 is 12.0 Å². The van der Waals surface area contributed by atoms with E-state index in [9.17, 15) is 19.7 Å². The number of methoxy groups -OCH3 is 1. The van der Waals surface area contributed by atoms with Gasteiger partial charge < -0.3 is 15.0 Å². The van der Waals surface area contributed by atoms with Gasteiger partial charge in [0.15, 0.2) is 0 Å². The molecule has 2 amide bonds. The van der Waals surface area contributed by atoms with Crippen LogP contribution in [0.1, 0.15) is 11.6 Å². The van der Waals surface area contributed by atoms with Crippen molar-refractivity contribution in [1.82, 2.24) is 9.80 Å². The Hall–Kier alpha value is -3.17. The van der Waals surface area contributed by atoms with Crippen molar-refractivity contribution in [3.8, 4) is 0 Å². The maximum absolute atomic E-state index is 12.6. The summed E-state index contributed by atoms with van der Waals surface area (Å²) in [6, 6.07) is 11.8. The molecule has 1 saturated heterocycles. The number of benzene rings is 2. The molecule has 10 heteroatoms. The fraction of sp³-hybridized carbons (Fsp3) is 0.300. The first-order valence-corrected chi connectivity index (χ1v) is 9.65. The van der Waals surface area contributed by atoms with Crippen molar-refractivity contribution in [2.45, 2.75) is 6.04 Å². The number of rotatable bonds is 5. The number of carbonyl (C=O) groups is 2. The molecular weight excluding hydrogens is 412 g/mol. The number of amides is 2. The van der Waals surface area contributed by atoms with Gasteiger partial charge in [-0.25, -0.2) is 9.59 Å². The molecule has 158 valence electrons. The second-order valence-electron chi connectivity index (χ2n) is 6.71. The summed E-state index contributed by atoms with van der Waals surface area (Å²) in [5.41, 5.74) is 0.902. The van der Waals surface area contributed by atoms with Crippen molar-refractivity contribution < 1.29 is 19.2 Å². The van der Waals surface area contributed by atoms with E-state index in [0.29, 0.717) is 42.5 Å². The molecule has 0 saturated carbocycles. The normalized spacial score (nSPS) is 15.3. The van der Waals surface area contributed by atoms with E-state index in [-0.39, 0.29) is 11.7 Å². The Morgan fingerprint density at radius 1 is 1.13 bits per heavy atom. The van der Waals surface area contributed by atoms with E-state index in [4.69, 9.17) is 16.3 Å². The van der Waals surface area contributed by atoms with E-state index in [1.54, 1.807) is 35.2 Å². The molecule has 0 radical (unpaired) electrons. The number of hydrogen-bond donors (Lipinski definition) is 1. The number of urea groups is 1. The fourth-order valence-electron chi connectivity index (χ4n) is 3.36. The first kappa shape index (κ1) is 21.5. The predicted octanol–water partition coefficient (Wildman–Crippen LogP) is 3.31. The second-order valence-corrected chi connectivity index (χ2v) is 7.12. The van der Waals surface area contributed by atoms with Gasteiger partial charge in [0.05, 0.1) is 12.0 Å². The molecule has 0 aliphatic carbocycles. The SMILES string of the molecule is COC(=O)[C@@H](c1ccccc1Cl)N1CCN(C(=O)Nc2cccc([N+](=O)[O-])c2)CC1. The van der Waals surface area contributed by atoms with Crippen LogP contribution >= 0.6 is 11.6 Å². The highest BCUT2D eigenvalue weighted by Gasteiger charge is 2.33. The topological polar surface area (TPSA) is 105 Å². The average Bonchev–Trinajstić information content (AvgIpc) is 2.75. The summed E-state index contributed by atoms with van der Waals surface area (Å²) in [7, 11) is 1.33. The van der Waals surface area contributed by atoms with E-state index in [0.717, 1.165) is 0 Å². The number of non-ortho nitro benzene ring substituents is 1. The standard InChI is InChI=1S/C20H21ClN4O5/c1-30-19(26)18(16-7-2-3-8-17(16)21)23-9-11-24(12-10-23)20(27)22-14-5-4-6-15(13-14)25(28)29/h2-8,13,18H,9-12H2,1H3,(H,22,27)/t18-/m1/s1. The van der Waals surface area contributed by atoms with E-state index in [2.05, 4.69) is 5.32 Å². The number of nitro benzene ring substituents is 1. The van der Waals surface area contributed by atoms with Crippen molar-refractivity contribution in [2.24, 2.45) is 0 Å². The molecule has 1 atom stereocenters. The Balaban J connectivity index is 1.66. The minimum absolute atomic E-state index is 0.0988. The zero-order valence-corrected chi connectivity index (χ0v) is 17.0. The number of nitro groups is 1. The summed E-state index contributed by atoms with van der Waals surface area (Å²) >= 11 is 6.29. The monoisotopic (exact) mass is 432 g/mol. The lowest BCUT2D eigenvalue weighted by atomic mass is 10.0. The molecule has 0 bridgehead atoms. The van der Waals surface area contributed by atoms with Crippen LogP contribution in [0.5, 0.6) is 0 Å². The number of nitrogens with one attached hydrogen (secondary N) is 1. The molecule has 9 nitrogen and oxygen atoms in total. The molecule has 0 aromatic heterocycles. The highest BCUT2D eigenvalue weighted by atomic mass is 35.5. The van der Waals surface area contributed by atoms with Gasteiger partial charge in [-0.1, -0.05) is 35.9 Å². The van der Waals surface area contributed by atoms with Crippen LogP contribution < -0.4 is 5.32 Å². The molecule has 2 aromatic carbocycles. The van der Waals surface area contributed by atoms with Crippen molar-refractivity contribution in [2.75, 3.05) is 38.6 Å². The van der Waals surface area contributed by atoms with E-state index in [1.165, 1.54) is 25.3 Å². The van der Waals surface area contributed by atoms with Crippen LogP contribution in [0.15, 0.2) is 48.5 Å². The van der Waals surface area contributed by atoms with Crippen molar-refractivity contribution in [3.05, 3.63) is 69.2 Å². The third kappa shape index (κ3) is 4.87. The number of piperazine rings is 1. The van der Waals surface area contributed by atoms with Crippen molar-refractivity contribution in [1.29, 1.82) is 0 Å². The van der Waals surface area contributed by atoms with Crippen molar-refractivity contribution in [3.63, 3.8) is 0 Å². The zero-order chi connectivity index (χ0) is 21.7. The van der Waals surface area contributed by atoms with E-state index >= 15 is 0 Å². The molecule has 0 spiro atoms. The van der Waals surface area contributed by atoms with E-state index in [1.807, 2.05) is 4.90 Å². The lowest BCUT2D eigenvalue weighted by Gasteiger charge is -2.38. The second kappa shape index (κ2) is 9.55. The van der Waals surface area contributed by atoms with E-state index < -0.39 is 16.9 Å². The minimum Gasteiger partial charge on any atom is -0.468 e. The molecule has 0 unspecified atom stereocenters. The van der Waals surface area contributed by atoms with Gasteiger partial charge in [0, 0.05) is 49.0 Å². The minimum atomic E-state index is -0.661. The Labute approximate surface area is 178 Å². The maximum Gasteiger partial charge on any atom is 0.327 e. The molecular formula is C20H21ClN4O5. The summed E-state index contributed by atoms with van der Waals surface area (Å²) in [5, 5.41) is 14.0. The first-order valence-electron chi connectivity index (χ1n) is 9.27. The molecule has 1 heterocycles. The molecule has 1 aliphatic rings.